The highest BCUT2D eigenvalue weighted by Gasteiger charge is 2.19. The Bertz CT molecular complexity index is 840. The molecule has 2 heterocycles. The molecule has 0 spiro atoms. The fourth-order valence-corrected chi connectivity index (χ4v) is 3.91. The van der Waals surface area contributed by atoms with E-state index in [9.17, 15) is 4.79 Å². The number of aromatic nitrogens is 4. The van der Waals surface area contributed by atoms with Gasteiger partial charge in [0, 0.05) is 4.88 Å². The first-order valence-corrected chi connectivity index (χ1v) is 9.62. The van der Waals surface area contributed by atoms with Crippen molar-refractivity contribution in [2.24, 2.45) is 0 Å². The van der Waals surface area contributed by atoms with Crippen LogP contribution >= 0.6 is 23.1 Å². The van der Waals surface area contributed by atoms with E-state index >= 15 is 0 Å². The first-order valence-electron chi connectivity index (χ1n) is 7.87. The minimum absolute atomic E-state index is 0.0339. The molecule has 0 unspecified atom stereocenters. The minimum atomic E-state index is -0.296. The van der Waals surface area contributed by atoms with E-state index in [-0.39, 0.29) is 11.2 Å². The summed E-state index contributed by atoms with van der Waals surface area (Å²) in [4.78, 5) is 13.4. The Balaban J connectivity index is 1.68. The second kappa shape index (κ2) is 7.79. The van der Waals surface area contributed by atoms with Gasteiger partial charge in [0.15, 0.2) is 0 Å². The van der Waals surface area contributed by atoms with E-state index in [1.54, 1.807) is 16.0 Å². The van der Waals surface area contributed by atoms with E-state index in [0.717, 1.165) is 21.7 Å². The summed E-state index contributed by atoms with van der Waals surface area (Å²) in [6.45, 7) is 6.47. The smallest absolute Gasteiger partial charge is 0.233 e. The van der Waals surface area contributed by atoms with Gasteiger partial charge in [0.05, 0.1) is 17.5 Å². The third kappa shape index (κ3) is 4.46. The van der Waals surface area contributed by atoms with E-state index in [0.29, 0.717) is 11.7 Å². The molecule has 25 heavy (non-hydrogen) atoms. The maximum Gasteiger partial charge on any atom is 0.233 e. The van der Waals surface area contributed by atoms with E-state index < -0.39 is 0 Å². The molecular formula is C17H19N5OS2. The van der Waals surface area contributed by atoms with Crippen molar-refractivity contribution in [2.45, 2.75) is 37.7 Å². The molecule has 0 aliphatic carbocycles. The standard InChI is InChI=1S/C17H19N5OS2/c1-11-7-12(2)9-14(8-11)22-17(19-20-21-22)25-13(3)16(23)18-10-15-5-4-6-24-15/h4-9,13H,10H2,1-3H3,(H,18,23)/t13-/m0/s1. The highest BCUT2D eigenvalue weighted by Crippen LogP contribution is 2.24. The summed E-state index contributed by atoms with van der Waals surface area (Å²) in [5, 5.41) is 17.2. The van der Waals surface area contributed by atoms with Crippen molar-refractivity contribution in [1.82, 2.24) is 25.5 Å². The van der Waals surface area contributed by atoms with E-state index in [1.807, 2.05) is 50.4 Å². The lowest BCUT2D eigenvalue weighted by atomic mass is 10.1. The number of thioether (sulfide) groups is 1. The topological polar surface area (TPSA) is 72.7 Å². The summed E-state index contributed by atoms with van der Waals surface area (Å²) in [6, 6.07) is 10.1. The lowest BCUT2D eigenvalue weighted by molar-refractivity contribution is -0.120. The maximum atomic E-state index is 12.3. The number of benzene rings is 1. The molecule has 1 amide bonds. The highest BCUT2D eigenvalue weighted by molar-refractivity contribution is 8.00. The van der Waals surface area contributed by atoms with E-state index in [2.05, 4.69) is 26.9 Å². The summed E-state index contributed by atoms with van der Waals surface area (Å²) in [5.74, 6) is -0.0339. The summed E-state index contributed by atoms with van der Waals surface area (Å²) in [6.07, 6.45) is 0. The second-order valence-electron chi connectivity index (χ2n) is 5.78. The largest absolute Gasteiger partial charge is 0.350 e. The Morgan fingerprint density at radius 3 is 2.76 bits per heavy atom. The van der Waals surface area contributed by atoms with Gasteiger partial charge in [-0.3, -0.25) is 4.79 Å². The van der Waals surface area contributed by atoms with Crippen molar-refractivity contribution >= 4 is 29.0 Å². The molecule has 1 aromatic carbocycles. The predicted molar refractivity (Wildman–Crippen MR) is 100 cm³/mol. The van der Waals surface area contributed by atoms with Crippen molar-refractivity contribution < 1.29 is 4.79 Å². The quantitative estimate of drug-likeness (QED) is 0.672. The molecule has 0 radical (unpaired) electrons. The van der Waals surface area contributed by atoms with Gasteiger partial charge >= 0.3 is 0 Å². The van der Waals surface area contributed by atoms with Crippen LogP contribution in [-0.4, -0.2) is 31.4 Å². The van der Waals surface area contributed by atoms with Gasteiger partial charge < -0.3 is 5.32 Å². The number of hydrogen-bond acceptors (Lipinski definition) is 6. The van der Waals surface area contributed by atoms with Crippen LogP contribution < -0.4 is 5.32 Å². The Morgan fingerprint density at radius 2 is 2.08 bits per heavy atom. The lowest BCUT2D eigenvalue weighted by Gasteiger charge is -2.11. The number of nitrogens with zero attached hydrogens (tertiary/aromatic N) is 4. The number of carbonyl (C=O) groups excluding carboxylic acids is 1. The molecule has 0 saturated heterocycles. The maximum absolute atomic E-state index is 12.3. The normalized spacial score (nSPS) is 12.1. The SMILES string of the molecule is Cc1cc(C)cc(-n2nnnc2S[C@@H](C)C(=O)NCc2cccs2)c1. The number of tetrazole rings is 1. The van der Waals surface area contributed by atoms with Crippen LogP contribution in [0, 0.1) is 13.8 Å². The van der Waals surface area contributed by atoms with Gasteiger partial charge in [-0.05, 0) is 65.9 Å². The second-order valence-corrected chi connectivity index (χ2v) is 8.12. The number of thiophene rings is 1. The number of carbonyl (C=O) groups is 1. The molecule has 0 fully saturated rings. The lowest BCUT2D eigenvalue weighted by Crippen LogP contribution is -2.30. The molecule has 130 valence electrons. The first-order chi connectivity index (χ1) is 12.0. The monoisotopic (exact) mass is 373 g/mol. The van der Waals surface area contributed by atoms with Gasteiger partial charge in [-0.1, -0.05) is 23.9 Å². The fourth-order valence-electron chi connectivity index (χ4n) is 2.43. The van der Waals surface area contributed by atoms with Crippen LogP contribution in [0.25, 0.3) is 5.69 Å². The molecule has 0 aliphatic heterocycles. The zero-order chi connectivity index (χ0) is 17.8. The number of nitrogens with one attached hydrogen (secondary N) is 1. The Labute approximate surface area is 154 Å². The average molecular weight is 374 g/mol. The molecule has 3 aromatic rings. The molecule has 1 atom stereocenters. The van der Waals surface area contributed by atoms with Gasteiger partial charge in [0.1, 0.15) is 0 Å². The summed E-state index contributed by atoms with van der Waals surface area (Å²) in [7, 11) is 0. The average Bonchev–Trinajstić information content (AvgIpc) is 3.23. The molecule has 6 nitrogen and oxygen atoms in total. The van der Waals surface area contributed by atoms with Gasteiger partial charge in [-0.15, -0.1) is 16.4 Å². The molecule has 1 N–H and O–H groups in total. The number of rotatable bonds is 6. The highest BCUT2D eigenvalue weighted by atomic mass is 32.2. The Hall–Kier alpha value is -2.19. The van der Waals surface area contributed by atoms with E-state index in [4.69, 9.17) is 0 Å². The molecule has 8 heteroatoms. The van der Waals surface area contributed by atoms with Crippen LogP contribution in [0.2, 0.25) is 0 Å². The van der Waals surface area contributed by atoms with Crippen molar-refractivity contribution in [3.8, 4) is 5.69 Å². The predicted octanol–water partition coefficient (Wildman–Crippen LogP) is 3.14. The zero-order valence-corrected chi connectivity index (χ0v) is 15.9. The third-order valence-corrected chi connectivity index (χ3v) is 5.47. The van der Waals surface area contributed by atoms with Crippen LogP contribution in [0.1, 0.15) is 22.9 Å². The van der Waals surface area contributed by atoms with E-state index in [1.165, 1.54) is 11.8 Å². The van der Waals surface area contributed by atoms with Crippen LogP contribution in [0.3, 0.4) is 0 Å². The molecule has 0 bridgehead atoms. The van der Waals surface area contributed by atoms with Gasteiger partial charge in [-0.2, -0.15) is 4.68 Å². The van der Waals surface area contributed by atoms with Crippen LogP contribution in [-0.2, 0) is 11.3 Å². The van der Waals surface area contributed by atoms with Crippen molar-refractivity contribution in [2.75, 3.05) is 0 Å². The zero-order valence-electron chi connectivity index (χ0n) is 14.3. The molecule has 0 aliphatic rings. The summed E-state index contributed by atoms with van der Waals surface area (Å²) in [5.41, 5.74) is 3.18. The summed E-state index contributed by atoms with van der Waals surface area (Å²) >= 11 is 2.97. The Morgan fingerprint density at radius 1 is 1.32 bits per heavy atom. The van der Waals surface area contributed by atoms with Gasteiger partial charge in [0.25, 0.3) is 0 Å². The minimum Gasteiger partial charge on any atom is -0.350 e. The number of amides is 1. The number of aryl methyl sites for hydroxylation is 2. The summed E-state index contributed by atoms with van der Waals surface area (Å²) < 4.78 is 1.67. The van der Waals surface area contributed by atoms with Crippen LogP contribution in [0.5, 0.6) is 0 Å². The van der Waals surface area contributed by atoms with Crippen LogP contribution in [0.15, 0.2) is 40.9 Å². The fraction of sp³-hybridized carbons (Fsp3) is 0.294. The molecule has 0 saturated carbocycles. The molecule has 3 rings (SSSR count). The van der Waals surface area contributed by atoms with Gasteiger partial charge in [0.2, 0.25) is 11.1 Å². The third-order valence-electron chi connectivity index (χ3n) is 3.56. The van der Waals surface area contributed by atoms with Crippen molar-refractivity contribution in [1.29, 1.82) is 0 Å². The molecular weight excluding hydrogens is 354 g/mol. The van der Waals surface area contributed by atoms with Gasteiger partial charge in [-0.25, -0.2) is 0 Å². The van der Waals surface area contributed by atoms with Crippen molar-refractivity contribution in [3.63, 3.8) is 0 Å². The number of hydrogen-bond donors (Lipinski definition) is 1. The van der Waals surface area contributed by atoms with Crippen molar-refractivity contribution in [3.05, 3.63) is 51.7 Å². The Kier molecular flexibility index (Phi) is 5.50. The molecule has 2 aromatic heterocycles. The first kappa shape index (κ1) is 17.6. The van der Waals surface area contributed by atoms with Crippen LogP contribution in [0.4, 0.5) is 0 Å².